The van der Waals surface area contributed by atoms with Gasteiger partial charge in [0.1, 0.15) is 10.2 Å². The second kappa shape index (κ2) is 9.42. The van der Waals surface area contributed by atoms with E-state index in [2.05, 4.69) is 0 Å². The van der Waals surface area contributed by atoms with Gasteiger partial charge in [0, 0.05) is 5.92 Å². The van der Waals surface area contributed by atoms with E-state index in [-0.39, 0.29) is 5.56 Å². The predicted molar refractivity (Wildman–Crippen MR) is 107 cm³/mol. The molecule has 1 aliphatic rings. The fourth-order valence-corrected chi connectivity index (χ4v) is 3.79. The van der Waals surface area contributed by atoms with Crippen LogP contribution in [0.2, 0.25) is 0 Å². The van der Waals surface area contributed by atoms with Gasteiger partial charge in [0.15, 0.2) is 0 Å². The number of hydrogen-bond acceptors (Lipinski definition) is 3. The largest absolute Gasteiger partial charge is 0.481 e. The van der Waals surface area contributed by atoms with Crippen molar-refractivity contribution in [3.05, 3.63) is 71.0 Å². The van der Waals surface area contributed by atoms with Gasteiger partial charge >= 0.3 is 12.1 Å². The van der Waals surface area contributed by atoms with Crippen LogP contribution in [0.15, 0.2) is 48.5 Å². The van der Waals surface area contributed by atoms with Crippen LogP contribution in [0.1, 0.15) is 22.6 Å². The van der Waals surface area contributed by atoms with Crippen LogP contribution in [0, 0.1) is 11.7 Å². The minimum absolute atomic E-state index is 0.0499. The summed E-state index contributed by atoms with van der Waals surface area (Å²) in [6.07, 6.45) is -4.36. The zero-order valence-electron chi connectivity index (χ0n) is 15.7. The first-order valence-electron chi connectivity index (χ1n) is 8.82. The van der Waals surface area contributed by atoms with E-state index in [0.717, 1.165) is 11.6 Å². The Bertz CT molecular complexity index is 955. The highest BCUT2D eigenvalue weighted by Gasteiger charge is 2.68. The van der Waals surface area contributed by atoms with E-state index >= 15 is 0 Å². The molecule has 0 aromatic heterocycles. The molecular weight excluding hydrogens is 463 g/mol. The Morgan fingerprint density at radius 3 is 2.16 bits per heavy atom. The molecule has 0 heterocycles. The van der Waals surface area contributed by atoms with Crippen LogP contribution < -0.4 is 11.5 Å². The first kappa shape index (κ1) is 24.9. The number of carboxylic acid groups (broad SMARTS) is 1. The van der Waals surface area contributed by atoms with E-state index in [4.69, 9.17) is 39.8 Å². The SMILES string of the molecule is NC(=O)[C@@H](N)Cc1ccccc1.O=C(O)[C@@H]1[C@@H](c2ccc(F)c(C(F)(F)F)c2)C1(Cl)Cl. The number of nitrogens with two attached hydrogens (primary N) is 2. The second-order valence-corrected chi connectivity index (χ2v) is 8.35. The lowest BCUT2D eigenvalue weighted by molar-refractivity contribution is -0.140. The highest BCUT2D eigenvalue weighted by atomic mass is 35.5. The van der Waals surface area contributed by atoms with Crippen molar-refractivity contribution in [3.63, 3.8) is 0 Å². The number of benzene rings is 2. The van der Waals surface area contributed by atoms with Crippen molar-refractivity contribution < 1.29 is 32.3 Å². The summed E-state index contributed by atoms with van der Waals surface area (Å²) >= 11 is 11.4. The molecule has 0 aliphatic heterocycles. The minimum Gasteiger partial charge on any atom is -0.481 e. The maximum absolute atomic E-state index is 13.1. The highest BCUT2D eigenvalue weighted by molar-refractivity contribution is 6.53. The summed E-state index contributed by atoms with van der Waals surface area (Å²) in [7, 11) is 0. The molecule has 168 valence electrons. The van der Waals surface area contributed by atoms with Crippen molar-refractivity contribution in [1.29, 1.82) is 0 Å². The fourth-order valence-electron chi connectivity index (χ4n) is 2.97. The van der Waals surface area contributed by atoms with Gasteiger partial charge in [-0.25, -0.2) is 4.39 Å². The van der Waals surface area contributed by atoms with E-state index in [9.17, 15) is 27.2 Å². The molecule has 5 nitrogen and oxygen atoms in total. The molecule has 31 heavy (non-hydrogen) atoms. The molecule has 3 atom stereocenters. The molecular formula is C20H18Cl2F4N2O3. The molecule has 5 N–H and O–H groups in total. The quantitative estimate of drug-likeness (QED) is 0.446. The van der Waals surface area contributed by atoms with Crippen LogP contribution in [0.4, 0.5) is 17.6 Å². The summed E-state index contributed by atoms with van der Waals surface area (Å²) in [5.74, 6) is -5.40. The van der Waals surface area contributed by atoms with Crippen LogP contribution in [0.25, 0.3) is 0 Å². The van der Waals surface area contributed by atoms with Gasteiger partial charge in [0.05, 0.1) is 17.5 Å². The van der Waals surface area contributed by atoms with Gasteiger partial charge in [0.25, 0.3) is 0 Å². The summed E-state index contributed by atoms with van der Waals surface area (Å²) in [6, 6.07) is 11.2. The van der Waals surface area contributed by atoms with Gasteiger partial charge < -0.3 is 16.6 Å². The number of amides is 1. The molecule has 0 unspecified atom stereocenters. The summed E-state index contributed by atoms with van der Waals surface area (Å²) < 4.78 is 49.0. The molecule has 1 fully saturated rings. The smallest absolute Gasteiger partial charge is 0.419 e. The zero-order chi connectivity index (χ0) is 23.6. The number of carboxylic acids is 1. The lowest BCUT2D eigenvalue weighted by Crippen LogP contribution is -2.38. The molecule has 0 bridgehead atoms. The number of hydrogen-bond donors (Lipinski definition) is 3. The zero-order valence-corrected chi connectivity index (χ0v) is 17.3. The third kappa shape index (κ3) is 6.09. The maximum atomic E-state index is 13.1. The summed E-state index contributed by atoms with van der Waals surface area (Å²) in [5, 5.41) is 8.84. The molecule has 0 radical (unpaired) electrons. The van der Waals surface area contributed by atoms with Crippen molar-refractivity contribution in [3.8, 4) is 0 Å². The van der Waals surface area contributed by atoms with Crippen molar-refractivity contribution >= 4 is 35.1 Å². The van der Waals surface area contributed by atoms with Gasteiger partial charge in [-0.3, -0.25) is 9.59 Å². The van der Waals surface area contributed by atoms with Gasteiger partial charge in [-0.2, -0.15) is 13.2 Å². The standard InChI is InChI=1S/C11H6Cl2F4O2.C9H12N2O/c12-10(13)7(8(10)9(18)19)4-1-2-6(14)5(3-4)11(15,16)17;10-8(9(11)12)6-7-4-2-1-3-5-7/h1-3,7-8H,(H,18,19);1-5,8H,6,10H2,(H2,11,12)/t7-,8+;8-/m10/s1. The summed E-state index contributed by atoms with van der Waals surface area (Å²) in [5.41, 5.74) is 10.0. The van der Waals surface area contributed by atoms with Crippen LogP contribution in [-0.4, -0.2) is 27.4 Å². The summed E-state index contributed by atoms with van der Waals surface area (Å²) in [4.78, 5) is 21.4. The van der Waals surface area contributed by atoms with Crippen LogP contribution >= 0.6 is 23.2 Å². The number of carbonyl (C=O) groups is 2. The molecule has 2 aromatic carbocycles. The predicted octanol–water partition coefficient (Wildman–Crippen LogP) is 3.86. The van der Waals surface area contributed by atoms with Crippen LogP contribution in [-0.2, 0) is 22.2 Å². The average Bonchev–Trinajstić information content (AvgIpc) is 3.25. The van der Waals surface area contributed by atoms with Gasteiger partial charge in [-0.15, -0.1) is 0 Å². The molecule has 3 rings (SSSR count). The Balaban J connectivity index is 0.000000245. The fraction of sp³-hybridized carbons (Fsp3) is 0.300. The number of rotatable bonds is 5. The Kier molecular flexibility index (Phi) is 7.57. The average molecular weight is 481 g/mol. The Labute approximate surface area is 184 Å². The molecule has 0 saturated heterocycles. The van der Waals surface area contributed by atoms with E-state index in [1.165, 1.54) is 0 Å². The number of carbonyl (C=O) groups excluding carboxylic acids is 1. The van der Waals surface area contributed by atoms with Crippen molar-refractivity contribution in [2.24, 2.45) is 17.4 Å². The Morgan fingerprint density at radius 2 is 1.71 bits per heavy atom. The van der Waals surface area contributed by atoms with E-state index in [0.29, 0.717) is 18.6 Å². The highest BCUT2D eigenvalue weighted by Crippen LogP contribution is 2.65. The molecule has 11 heteroatoms. The molecule has 2 aromatic rings. The molecule has 1 saturated carbocycles. The van der Waals surface area contributed by atoms with E-state index < -0.39 is 51.6 Å². The van der Waals surface area contributed by atoms with Crippen molar-refractivity contribution in [1.82, 2.24) is 0 Å². The first-order chi connectivity index (χ1) is 14.3. The van der Waals surface area contributed by atoms with Gasteiger partial charge in [0.2, 0.25) is 5.91 Å². The number of aliphatic carboxylic acids is 1. The Hall–Kier alpha value is -2.36. The molecule has 1 aliphatic carbocycles. The topological polar surface area (TPSA) is 106 Å². The monoisotopic (exact) mass is 480 g/mol. The third-order valence-electron chi connectivity index (χ3n) is 4.64. The van der Waals surface area contributed by atoms with Crippen LogP contribution in [0.3, 0.4) is 0 Å². The summed E-state index contributed by atoms with van der Waals surface area (Å²) in [6.45, 7) is 0. The molecule has 0 spiro atoms. The number of halogens is 6. The van der Waals surface area contributed by atoms with Crippen molar-refractivity contribution in [2.75, 3.05) is 0 Å². The van der Waals surface area contributed by atoms with E-state index in [1.54, 1.807) is 0 Å². The number of primary amides is 1. The van der Waals surface area contributed by atoms with Gasteiger partial charge in [-0.05, 0) is 29.7 Å². The lowest BCUT2D eigenvalue weighted by Gasteiger charge is -2.10. The second-order valence-electron chi connectivity index (χ2n) is 6.90. The first-order valence-corrected chi connectivity index (χ1v) is 9.58. The molecule has 1 amide bonds. The van der Waals surface area contributed by atoms with E-state index in [1.807, 2.05) is 30.3 Å². The normalized spacial score (nSPS) is 20.2. The lowest BCUT2D eigenvalue weighted by atomic mass is 10.0. The Morgan fingerprint density at radius 1 is 1.13 bits per heavy atom. The van der Waals surface area contributed by atoms with Crippen LogP contribution in [0.5, 0.6) is 0 Å². The van der Waals surface area contributed by atoms with Crippen molar-refractivity contribution in [2.45, 2.75) is 28.9 Å². The minimum atomic E-state index is -4.87. The number of alkyl halides is 5. The third-order valence-corrected chi connectivity index (χ3v) is 5.58. The van der Waals surface area contributed by atoms with Gasteiger partial charge in [-0.1, -0.05) is 59.6 Å². The maximum Gasteiger partial charge on any atom is 0.419 e.